The van der Waals surface area contributed by atoms with Crippen LogP contribution in [0.3, 0.4) is 0 Å². The molecule has 0 N–H and O–H groups in total. The molecule has 1 saturated heterocycles. The number of ether oxygens (including phenoxy) is 1. The van der Waals surface area contributed by atoms with Gasteiger partial charge in [-0.2, -0.15) is 0 Å². The van der Waals surface area contributed by atoms with Gasteiger partial charge in [0.2, 0.25) is 0 Å². The van der Waals surface area contributed by atoms with E-state index in [0.717, 1.165) is 37.4 Å². The Labute approximate surface area is 167 Å². The highest BCUT2D eigenvalue weighted by Gasteiger charge is 2.43. The number of hydrogen-bond acceptors (Lipinski definition) is 4. The molecule has 2 aromatic rings. The summed E-state index contributed by atoms with van der Waals surface area (Å²) in [5.41, 5.74) is 1.08. The van der Waals surface area contributed by atoms with Crippen molar-refractivity contribution in [3.05, 3.63) is 76.4 Å². The number of hydrogen-bond donors (Lipinski definition) is 0. The maximum absolute atomic E-state index is 14.0. The average molecular weight is 397 g/mol. The summed E-state index contributed by atoms with van der Waals surface area (Å²) in [6.07, 6.45) is 3.76. The van der Waals surface area contributed by atoms with Crippen LogP contribution in [-0.4, -0.2) is 22.1 Å². The number of imide groups is 1. The van der Waals surface area contributed by atoms with Crippen LogP contribution in [0.1, 0.15) is 36.8 Å². The lowest BCUT2D eigenvalue weighted by molar-refractivity contribution is -0.124. The number of halogens is 1. The fraction of sp³-hybridized carbons (Fsp3) is 0.273. The van der Waals surface area contributed by atoms with Crippen molar-refractivity contribution in [2.24, 2.45) is 0 Å². The highest BCUT2D eigenvalue weighted by atomic mass is 32.2. The molecule has 1 aliphatic carbocycles. The van der Waals surface area contributed by atoms with Gasteiger partial charge >= 0.3 is 0 Å². The van der Waals surface area contributed by atoms with Gasteiger partial charge in [-0.3, -0.25) is 14.5 Å². The molecule has 0 unspecified atom stereocenters. The lowest BCUT2D eigenvalue weighted by atomic mass is 10.1. The molecule has 144 valence electrons. The van der Waals surface area contributed by atoms with Crippen molar-refractivity contribution in [3.63, 3.8) is 0 Å². The van der Waals surface area contributed by atoms with Gasteiger partial charge in [0.05, 0.1) is 0 Å². The van der Waals surface area contributed by atoms with Gasteiger partial charge in [0.15, 0.2) is 0 Å². The quantitative estimate of drug-likeness (QED) is 0.504. The first-order valence-electron chi connectivity index (χ1n) is 9.36. The Morgan fingerprint density at radius 1 is 1.04 bits per heavy atom. The van der Waals surface area contributed by atoms with Gasteiger partial charge in [-0.25, -0.2) is 4.39 Å². The van der Waals surface area contributed by atoms with Crippen LogP contribution in [0.15, 0.2) is 59.5 Å². The standard InChI is InChI=1S/C22H20FNO3S/c23-18-13-7-4-10-16(18)14-27-19(15-8-2-1-3-9-15)20-21(25)24(22(26)28-20)17-11-5-6-12-17/h1-4,7-10,13,17H,5-6,11-12,14H2. The van der Waals surface area contributed by atoms with E-state index in [1.54, 1.807) is 18.2 Å². The third-order valence-electron chi connectivity index (χ3n) is 5.06. The highest BCUT2D eigenvalue weighted by molar-refractivity contribution is 8.18. The normalized spacial score (nSPS) is 19.4. The van der Waals surface area contributed by atoms with Crippen LogP contribution in [0.2, 0.25) is 0 Å². The van der Waals surface area contributed by atoms with Crippen LogP contribution >= 0.6 is 11.8 Å². The lowest BCUT2D eigenvalue weighted by Gasteiger charge is -2.20. The third kappa shape index (κ3) is 3.69. The molecule has 1 heterocycles. The topological polar surface area (TPSA) is 46.6 Å². The molecule has 2 amide bonds. The van der Waals surface area contributed by atoms with Crippen LogP contribution in [-0.2, 0) is 16.1 Å². The first kappa shape index (κ1) is 18.7. The minimum absolute atomic E-state index is 0.0220. The van der Waals surface area contributed by atoms with Gasteiger partial charge in [-0.1, -0.05) is 61.4 Å². The zero-order chi connectivity index (χ0) is 19.5. The number of thioether (sulfide) groups is 1. The summed E-state index contributed by atoms with van der Waals surface area (Å²) in [5.74, 6) is -0.351. The first-order valence-corrected chi connectivity index (χ1v) is 10.2. The molecule has 0 radical (unpaired) electrons. The van der Waals surface area contributed by atoms with Gasteiger partial charge in [-0.05, 0) is 30.7 Å². The molecule has 0 aromatic heterocycles. The van der Waals surface area contributed by atoms with Crippen molar-refractivity contribution >= 4 is 28.7 Å². The van der Waals surface area contributed by atoms with Crippen LogP contribution < -0.4 is 0 Å². The number of carbonyl (C=O) groups is 2. The van der Waals surface area contributed by atoms with Crippen LogP contribution in [0.5, 0.6) is 0 Å². The molecule has 0 bridgehead atoms. The molecule has 28 heavy (non-hydrogen) atoms. The number of amides is 2. The molecule has 2 fully saturated rings. The fourth-order valence-electron chi connectivity index (χ4n) is 3.63. The Morgan fingerprint density at radius 2 is 1.71 bits per heavy atom. The summed E-state index contributed by atoms with van der Waals surface area (Å²) in [6, 6.07) is 15.5. The Balaban J connectivity index is 1.68. The van der Waals surface area contributed by atoms with E-state index >= 15 is 0 Å². The fourth-order valence-corrected chi connectivity index (χ4v) is 4.59. The monoisotopic (exact) mass is 397 g/mol. The van der Waals surface area contributed by atoms with Gasteiger partial charge in [0.1, 0.15) is 23.1 Å². The van der Waals surface area contributed by atoms with E-state index < -0.39 is 0 Å². The van der Waals surface area contributed by atoms with Gasteiger partial charge in [-0.15, -0.1) is 0 Å². The van der Waals surface area contributed by atoms with Crippen LogP contribution in [0, 0.1) is 5.82 Å². The van der Waals surface area contributed by atoms with Crippen molar-refractivity contribution in [1.29, 1.82) is 0 Å². The van der Waals surface area contributed by atoms with Crippen molar-refractivity contribution in [1.82, 2.24) is 4.90 Å². The van der Waals surface area contributed by atoms with E-state index in [2.05, 4.69) is 0 Å². The molecule has 2 aliphatic rings. The summed E-state index contributed by atoms with van der Waals surface area (Å²) in [7, 11) is 0. The molecule has 4 nitrogen and oxygen atoms in total. The van der Waals surface area contributed by atoms with E-state index in [-0.39, 0.29) is 34.5 Å². The molecule has 4 rings (SSSR count). The molecular formula is C22H20FNO3S. The summed E-state index contributed by atoms with van der Waals surface area (Å²) < 4.78 is 19.9. The number of rotatable bonds is 5. The molecular weight excluding hydrogens is 377 g/mol. The maximum atomic E-state index is 14.0. The number of nitrogens with zero attached hydrogens (tertiary/aromatic N) is 1. The highest BCUT2D eigenvalue weighted by Crippen LogP contribution is 2.41. The molecule has 6 heteroatoms. The second kappa shape index (κ2) is 8.19. The first-order chi connectivity index (χ1) is 13.6. The largest absolute Gasteiger partial charge is 0.487 e. The van der Waals surface area contributed by atoms with Crippen LogP contribution in [0.25, 0.3) is 5.76 Å². The van der Waals surface area contributed by atoms with E-state index in [1.165, 1.54) is 11.0 Å². The average Bonchev–Trinajstić information content (AvgIpc) is 3.32. The van der Waals surface area contributed by atoms with Crippen molar-refractivity contribution in [3.8, 4) is 0 Å². The predicted molar refractivity (Wildman–Crippen MR) is 107 cm³/mol. The predicted octanol–water partition coefficient (Wildman–Crippen LogP) is 5.35. The maximum Gasteiger partial charge on any atom is 0.293 e. The Morgan fingerprint density at radius 3 is 2.43 bits per heavy atom. The summed E-state index contributed by atoms with van der Waals surface area (Å²) in [6.45, 7) is -0.0220. The van der Waals surface area contributed by atoms with E-state index in [9.17, 15) is 14.0 Å². The third-order valence-corrected chi connectivity index (χ3v) is 6.00. The van der Waals surface area contributed by atoms with E-state index in [1.807, 2.05) is 30.3 Å². The zero-order valence-corrected chi connectivity index (χ0v) is 16.1. The second-order valence-electron chi connectivity index (χ2n) is 6.89. The van der Waals surface area contributed by atoms with Crippen molar-refractivity contribution in [2.45, 2.75) is 38.3 Å². The van der Waals surface area contributed by atoms with Crippen molar-refractivity contribution < 1.29 is 18.7 Å². The van der Waals surface area contributed by atoms with Crippen molar-refractivity contribution in [2.75, 3.05) is 0 Å². The van der Waals surface area contributed by atoms with Crippen LogP contribution in [0.4, 0.5) is 9.18 Å². The summed E-state index contributed by atoms with van der Waals surface area (Å²) >= 11 is 0.909. The smallest absolute Gasteiger partial charge is 0.293 e. The van der Waals surface area contributed by atoms with Gasteiger partial charge < -0.3 is 4.74 Å². The second-order valence-corrected chi connectivity index (χ2v) is 7.85. The minimum atomic E-state index is -0.367. The molecule has 1 saturated carbocycles. The Bertz CT molecular complexity index is 922. The minimum Gasteiger partial charge on any atom is -0.487 e. The summed E-state index contributed by atoms with van der Waals surface area (Å²) in [5, 5.41) is -0.255. The Hall–Kier alpha value is -2.60. The SMILES string of the molecule is O=C1SC(=C(OCc2ccccc2F)c2ccccc2)C(=O)N1C1CCCC1. The Kier molecular flexibility index (Phi) is 5.48. The van der Waals surface area contributed by atoms with E-state index in [4.69, 9.17) is 4.74 Å². The molecule has 0 spiro atoms. The van der Waals surface area contributed by atoms with E-state index in [0.29, 0.717) is 16.9 Å². The zero-order valence-electron chi connectivity index (χ0n) is 15.3. The lowest BCUT2D eigenvalue weighted by Crippen LogP contribution is -2.36. The van der Waals surface area contributed by atoms with Gasteiger partial charge in [0.25, 0.3) is 11.1 Å². The summed E-state index contributed by atoms with van der Waals surface area (Å²) in [4.78, 5) is 27.3. The number of carbonyl (C=O) groups excluding carboxylic acids is 2. The molecule has 2 aromatic carbocycles. The molecule has 0 atom stereocenters. The molecule has 1 aliphatic heterocycles. The van der Waals surface area contributed by atoms with Gasteiger partial charge in [0, 0.05) is 17.2 Å². The number of benzene rings is 2.